The van der Waals surface area contributed by atoms with E-state index in [2.05, 4.69) is 4.90 Å². The summed E-state index contributed by atoms with van der Waals surface area (Å²) in [7, 11) is -3.73. The van der Waals surface area contributed by atoms with E-state index in [0.717, 1.165) is 32.1 Å². The van der Waals surface area contributed by atoms with Crippen molar-refractivity contribution in [3.8, 4) is 0 Å². The smallest absolute Gasteiger partial charge is 0.270 e. The number of nitrogens with zero attached hydrogens (tertiary/aromatic N) is 3. The summed E-state index contributed by atoms with van der Waals surface area (Å²) in [6, 6.07) is 3.98. The average Bonchev–Trinajstić information content (AvgIpc) is 2.63. The topological polar surface area (TPSA) is 93.0 Å². The minimum atomic E-state index is -3.73. The van der Waals surface area contributed by atoms with Crippen molar-refractivity contribution >= 4 is 15.7 Å². The van der Waals surface area contributed by atoms with Gasteiger partial charge in [0.05, 0.1) is 15.9 Å². The fourth-order valence-corrected chi connectivity index (χ4v) is 5.18. The van der Waals surface area contributed by atoms with E-state index in [1.54, 1.807) is 6.92 Å². The van der Waals surface area contributed by atoms with E-state index in [4.69, 9.17) is 4.74 Å². The van der Waals surface area contributed by atoms with Crippen LogP contribution in [-0.4, -0.2) is 68.0 Å². The molecule has 2 aliphatic heterocycles. The summed E-state index contributed by atoms with van der Waals surface area (Å²) in [5, 5.41) is 11.0. The number of aryl methyl sites for hydroxylation is 1. The first-order valence-corrected chi connectivity index (χ1v) is 10.4. The summed E-state index contributed by atoms with van der Waals surface area (Å²) in [4.78, 5) is 12.7. The Balaban J connectivity index is 1.66. The molecule has 2 aliphatic rings. The molecule has 0 aromatic heterocycles. The minimum Gasteiger partial charge on any atom is -0.377 e. The lowest BCUT2D eigenvalue weighted by atomic mass is 10.1. The first-order valence-electron chi connectivity index (χ1n) is 8.97. The second-order valence-electron chi connectivity index (χ2n) is 6.90. The molecule has 1 atom stereocenters. The number of hydrogen-bond donors (Lipinski definition) is 0. The van der Waals surface area contributed by atoms with Crippen molar-refractivity contribution in [2.75, 3.05) is 39.3 Å². The minimum absolute atomic E-state index is 0.0239. The van der Waals surface area contributed by atoms with E-state index in [0.29, 0.717) is 31.7 Å². The van der Waals surface area contributed by atoms with Gasteiger partial charge in [0.1, 0.15) is 0 Å². The van der Waals surface area contributed by atoms with Crippen LogP contribution in [0.5, 0.6) is 0 Å². The number of nitro benzene ring substituents is 1. The van der Waals surface area contributed by atoms with Crippen LogP contribution in [0.3, 0.4) is 0 Å². The molecule has 8 nitrogen and oxygen atoms in total. The third-order valence-corrected chi connectivity index (χ3v) is 7.11. The SMILES string of the molecule is Cc1ccc([N+](=O)[O-])cc1S(=O)(=O)N1CCN(C[C@@H]2CCCCO2)CC1. The molecule has 26 heavy (non-hydrogen) atoms. The van der Waals surface area contributed by atoms with Crippen LogP contribution in [0.2, 0.25) is 0 Å². The second-order valence-corrected chi connectivity index (χ2v) is 8.81. The number of non-ortho nitro benzene ring substituents is 1. The summed E-state index contributed by atoms with van der Waals surface area (Å²) in [5.74, 6) is 0. The van der Waals surface area contributed by atoms with Crippen molar-refractivity contribution in [3.63, 3.8) is 0 Å². The maximum atomic E-state index is 12.9. The van der Waals surface area contributed by atoms with Gasteiger partial charge in [-0.15, -0.1) is 0 Å². The predicted octanol–water partition coefficient (Wildman–Crippen LogP) is 1.78. The van der Waals surface area contributed by atoms with E-state index < -0.39 is 14.9 Å². The molecule has 0 saturated carbocycles. The van der Waals surface area contributed by atoms with Crippen molar-refractivity contribution in [2.24, 2.45) is 0 Å². The van der Waals surface area contributed by atoms with Crippen LogP contribution in [0.25, 0.3) is 0 Å². The zero-order valence-corrected chi connectivity index (χ0v) is 15.8. The van der Waals surface area contributed by atoms with Crippen LogP contribution >= 0.6 is 0 Å². The number of rotatable bonds is 5. The van der Waals surface area contributed by atoms with Gasteiger partial charge in [-0.25, -0.2) is 8.42 Å². The third kappa shape index (κ3) is 4.22. The van der Waals surface area contributed by atoms with E-state index in [1.807, 2.05) is 0 Å². The Morgan fingerprint density at radius 2 is 1.96 bits per heavy atom. The van der Waals surface area contributed by atoms with Crippen LogP contribution < -0.4 is 0 Å². The van der Waals surface area contributed by atoms with Gasteiger partial charge in [0.25, 0.3) is 5.69 Å². The van der Waals surface area contributed by atoms with Crippen molar-refractivity contribution in [1.82, 2.24) is 9.21 Å². The molecule has 0 bridgehead atoms. The Hall–Kier alpha value is -1.55. The van der Waals surface area contributed by atoms with Crippen LogP contribution in [-0.2, 0) is 14.8 Å². The highest BCUT2D eigenvalue weighted by molar-refractivity contribution is 7.89. The molecule has 9 heteroatoms. The normalized spacial score (nSPS) is 23.0. The second kappa shape index (κ2) is 7.99. The molecule has 0 aliphatic carbocycles. The molecule has 2 heterocycles. The van der Waals surface area contributed by atoms with Gasteiger partial charge >= 0.3 is 0 Å². The van der Waals surface area contributed by atoms with Gasteiger partial charge in [0.15, 0.2) is 0 Å². The number of nitro groups is 1. The van der Waals surface area contributed by atoms with Gasteiger partial charge in [0, 0.05) is 51.5 Å². The summed E-state index contributed by atoms with van der Waals surface area (Å²) >= 11 is 0. The number of benzene rings is 1. The van der Waals surface area contributed by atoms with Gasteiger partial charge in [-0.1, -0.05) is 6.07 Å². The fourth-order valence-electron chi connectivity index (χ4n) is 3.51. The van der Waals surface area contributed by atoms with E-state index in [1.165, 1.54) is 22.9 Å². The number of piperazine rings is 1. The summed E-state index contributed by atoms with van der Waals surface area (Å²) in [5.41, 5.74) is 0.316. The van der Waals surface area contributed by atoms with Crippen LogP contribution in [0.1, 0.15) is 24.8 Å². The number of sulfonamides is 1. The molecule has 0 spiro atoms. The van der Waals surface area contributed by atoms with Gasteiger partial charge in [-0.2, -0.15) is 4.31 Å². The third-order valence-electron chi connectivity index (χ3n) is 5.07. The molecule has 0 N–H and O–H groups in total. The van der Waals surface area contributed by atoms with Crippen molar-refractivity contribution < 1.29 is 18.1 Å². The van der Waals surface area contributed by atoms with Crippen LogP contribution in [0.4, 0.5) is 5.69 Å². The molecule has 0 radical (unpaired) electrons. The van der Waals surface area contributed by atoms with Crippen molar-refractivity contribution in [2.45, 2.75) is 37.2 Å². The average molecular weight is 383 g/mol. The Morgan fingerprint density at radius 3 is 2.58 bits per heavy atom. The Bertz CT molecular complexity index is 754. The van der Waals surface area contributed by atoms with E-state index in [9.17, 15) is 18.5 Å². The summed E-state index contributed by atoms with van der Waals surface area (Å²) in [6.45, 7) is 5.37. The molecule has 0 unspecified atom stereocenters. The predicted molar refractivity (Wildman–Crippen MR) is 96.6 cm³/mol. The Labute approximate surface area is 153 Å². The summed E-state index contributed by atoms with van der Waals surface area (Å²) in [6.07, 6.45) is 3.60. The van der Waals surface area contributed by atoms with Crippen molar-refractivity contribution in [1.29, 1.82) is 0 Å². The van der Waals surface area contributed by atoms with Gasteiger partial charge in [0.2, 0.25) is 10.0 Å². The highest BCUT2D eigenvalue weighted by Crippen LogP contribution is 2.26. The lowest BCUT2D eigenvalue weighted by molar-refractivity contribution is -0.385. The number of hydrogen-bond acceptors (Lipinski definition) is 6. The van der Waals surface area contributed by atoms with E-state index in [-0.39, 0.29) is 16.7 Å². The molecule has 144 valence electrons. The lowest BCUT2D eigenvalue weighted by Gasteiger charge is -2.36. The standard InChI is InChI=1S/C17H25N3O5S/c1-14-5-6-15(20(21)22)12-17(14)26(23,24)19-9-7-18(8-10-19)13-16-4-2-3-11-25-16/h5-6,12,16H,2-4,7-11,13H2,1H3/t16-/m0/s1. The molecule has 1 aromatic rings. The molecular weight excluding hydrogens is 358 g/mol. The Morgan fingerprint density at radius 1 is 1.23 bits per heavy atom. The molecule has 2 saturated heterocycles. The highest BCUT2D eigenvalue weighted by atomic mass is 32.2. The molecule has 3 rings (SSSR count). The van der Waals surface area contributed by atoms with Gasteiger partial charge < -0.3 is 4.74 Å². The maximum Gasteiger partial charge on any atom is 0.270 e. The molecular formula is C17H25N3O5S. The fraction of sp³-hybridized carbons (Fsp3) is 0.647. The lowest BCUT2D eigenvalue weighted by Crippen LogP contribution is -2.50. The number of ether oxygens (including phenoxy) is 1. The zero-order valence-electron chi connectivity index (χ0n) is 15.0. The first-order chi connectivity index (χ1) is 12.4. The van der Waals surface area contributed by atoms with Crippen molar-refractivity contribution in [3.05, 3.63) is 33.9 Å². The molecule has 1 aromatic carbocycles. The monoisotopic (exact) mass is 383 g/mol. The van der Waals surface area contributed by atoms with E-state index >= 15 is 0 Å². The summed E-state index contributed by atoms with van der Waals surface area (Å²) < 4.78 is 33.1. The quantitative estimate of drug-likeness (QED) is 0.568. The van der Waals surface area contributed by atoms with Gasteiger partial charge in [-0.05, 0) is 31.7 Å². The molecule has 2 fully saturated rings. The van der Waals surface area contributed by atoms with Crippen LogP contribution in [0, 0.1) is 17.0 Å². The van der Waals surface area contributed by atoms with Crippen LogP contribution in [0.15, 0.2) is 23.1 Å². The molecule has 0 amide bonds. The first kappa shape index (κ1) is 19.2. The van der Waals surface area contributed by atoms with Gasteiger partial charge in [-0.3, -0.25) is 15.0 Å². The Kier molecular flexibility index (Phi) is 5.91. The highest BCUT2D eigenvalue weighted by Gasteiger charge is 2.31. The zero-order chi connectivity index (χ0) is 18.7. The largest absolute Gasteiger partial charge is 0.377 e. The maximum absolute atomic E-state index is 12.9.